The molecule has 0 radical (unpaired) electrons. The molecule has 0 aliphatic carbocycles. The lowest BCUT2D eigenvalue weighted by molar-refractivity contribution is 0.0598. The van der Waals surface area contributed by atoms with Gasteiger partial charge in [-0.1, -0.05) is 0 Å². The Kier molecular flexibility index (Phi) is 6.35. The van der Waals surface area contributed by atoms with Crippen molar-refractivity contribution in [3.05, 3.63) is 51.8 Å². The van der Waals surface area contributed by atoms with Crippen molar-refractivity contribution in [1.82, 2.24) is 4.98 Å². The molecule has 0 saturated heterocycles. The molecule has 0 spiro atoms. The maximum Gasteiger partial charge on any atom is 0.338 e. The molecule has 1 aromatic heterocycles. The van der Waals surface area contributed by atoms with E-state index in [1.807, 2.05) is 0 Å². The van der Waals surface area contributed by atoms with Crippen LogP contribution in [-0.2, 0) is 9.47 Å². The SMILES string of the molecule is COC(=O)c1cc(OCC(=O)c2[nH]c(C)c(C(C)=O)c2C)cc(C(=O)OC)c1. The predicted octanol–water partition coefficient (Wildman–Crippen LogP) is 2.67. The molecule has 0 fully saturated rings. The summed E-state index contributed by atoms with van der Waals surface area (Å²) in [7, 11) is 2.42. The number of Topliss-reactive ketones (excluding diaryl/α,β-unsaturated/α-hetero) is 2. The number of carbonyl (C=O) groups excluding carboxylic acids is 4. The van der Waals surface area contributed by atoms with Crippen molar-refractivity contribution in [1.29, 1.82) is 0 Å². The van der Waals surface area contributed by atoms with Crippen LogP contribution >= 0.6 is 0 Å². The van der Waals surface area contributed by atoms with Gasteiger partial charge < -0.3 is 19.2 Å². The molecular weight excluding hydrogens is 366 g/mol. The number of rotatable bonds is 7. The van der Waals surface area contributed by atoms with Crippen LogP contribution < -0.4 is 4.74 Å². The Hall–Kier alpha value is -3.42. The van der Waals surface area contributed by atoms with Gasteiger partial charge in [-0.15, -0.1) is 0 Å². The van der Waals surface area contributed by atoms with Crippen LogP contribution in [0.1, 0.15) is 59.7 Å². The Morgan fingerprint density at radius 2 is 1.46 bits per heavy atom. The number of benzene rings is 1. The number of methoxy groups -OCH3 is 2. The minimum atomic E-state index is -0.663. The molecule has 8 nitrogen and oxygen atoms in total. The molecule has 0 saturated carbocycles. The van der Waals surface area contributed by atoms with Gasteiger partial charge in [-0.2, -0.15) is 0 Å². The van der Waals surface area contributed by atoms with Crippen LogP contribution in [-0.4, -0.2) is 49.3 Å². The van der Waals surface area contributed by atoms with Gasteiger partial charge in [-0.3, -0.25) is 9.59 Å². The molecule has 1 aromatic carbocycles. The smallest absolute Gasteiger partial charge is 0.338 e. The number of carbonyl (C=O) groups is 4. The van der Waals surface area contributed by atoms with Crippen molar-refractivity contribution in [3.63, 3.8) is 0 Å². The van der Waals surface area contributed by atoms with Crippen LogP contribution in [0, 0.1) is 13.8 Å². The van der Waals surface area contributed by atoms with Crippen LogP contribution in [0.2, 0.25) is 0 Å². The first kappa shape index (κ1) is 20.9. The van der Waals surface area contributed by atoms with Gasteiger partial charge in [0.05, 0.1) is 31.0 Å². The van der Waals surface area contributed by atoms with Gasteiger partial charge in [0.1, 0.15) is 5.75 Å². The van der Waals surface area contributed by atoms with Gasteiger partial charge >= 0.3 is 11.9 Å². The minimum Gasteiger partial charge on any atom is -0.485 e. The standard InChI is InChI=1S/C20H21NO7/c1-10-17(12(3)22)11(2)21-18(10)16(23)9-28-15-7-13(19(24)26-4)6-14(8-15)20(25)27-5/h6-8,21H,9H2,1-5H3. The summed E-state index contributed by atoms with van der Waals surface area (Å²) in [6.07, 6.45) is 0. The number of H-pyrrole nitrogens is 1. The van der Waals surface area contributed by atoms with Crippen LogP contribution in [0.15, 0.2) is 18.2 Å². The Balaban J connectivity index is 2.27. The molecule has 2 rings (SSSR count). The molecule has 1 heterocycles. The largest absolute Gasteiger partial charge is 0.485 e. The number of aromatic amines is 1. The lowest BCUT2D eigenvalue weighted by Gasteiger charge is -2.09. The third kappa shape index (κ3) is 4.28. The normalized spacial score (nSPS) is 10.3. The van der Waals surface area contributed by atoms with Gasteiger partial charge in [0.25, 0.3) is 0 Å². The summed E-state index contributed by atoms with van der Waals surface area (Å²) in [6, 6.07) is 4.03. The van der Waals surface area contributed by atoms with Crippen LogP contribution in [0.25, 0.3) is 0 Å². The maximum absolute atomic E-state index is 12.5. The molecule has 0 aliphatic rings. The van der Waals surface area contributed by atoms with E-state index in [9.17, 15) is 19.2 Å². The number of hydrogen-bond acceptors (Lipinski definition) is 7. The van der Waals surface area contributed by atoms with Crippen LogP contribution in [0.3, 0.4) is 0 Å². The maximum atomic E-state index is 12.5. The fraction of sp³-hybridized carbons (Fsp3) is 0.300. The van der Waals surface area contributed by atoms with Crippen molar-refractivity contribution < 1.29 is 33.4 Å². The summed E-state index contributed by atoms with van der Waals surface area (Å²) in [5.41, 5.74) is 2.08. The number of aromatic nitrogens is 1. The zero-order chi connectivity index (χ0) is 21.0. The number of nitrogens with one attached hydrogen (secondary N) is 1. The monoisotopic (exact) mass is 387 g/mol. The van der Waals surface area contributed by atoms with Gasteiger partial charge in [-0.05, 0) is 44.5 Å². The van der Waals surface area contributed by atoms with Crippen molar-refractivity contribution >= 4 is 23.5 Å². The van der Waals surface area contributed by atoms with E-state index >= 15 is 0 Å². The minimum absolute atomic E-state index is 0.0820. The van der Waals surface area contributed by atoms with Gasteiger partial charge in [-0.25, -0.2) is 9.59 Å². The van der Waals surface area contributed by atoms with E-state index in [1.54, 1.807) is 13.8 Å². The van der Waals surface area contributed by atoms with E-state index < -0.39 is 11.9 Å². The highest BCUT2D eigenvalue weighted by atomic mass is 16.5. The summed E-state index contributed by atoms with van der Waals surface area (Å²) in [4.78, 5) is 50.8. The second kappa shape index (κ2) is 8.51. The predicted molar refractivity (Wildman–Crippen MR) is 99.2 cm³/mol. The number of aryl methyl sites for hydroxylation is 1. The average Bonchev–Trinajstić information content (AvgIpc) is 2.98. The number of hydrogen-bond donors (Lipinski definition) is 1. The van der Waals surface area contributed by atoms with Crippen LogP contribution in [0.5, 0.6) is 5.75 Å². The Labute approximate surface area is 161 Å². The summed E-state index contributed by atoms with van der Waals surface area (Å²) in [6.45, 7) is 4.47. The molecule has 0 bridgehead atoms. The first-order valence-corrected chi connectivity index (χ1v) is 8.37. The lowest BCUT2D eigenvalue weighted by Crippen LogP contribution is -2.14. The topological polar surface area (TPSA) is 112 Å². The Morgan fingerprint density at radius 3 is 1.89 bits per heavy atom. The highest BCUT2D eigenvalue weighted by Crippen LogP contribution is 2.21. The summed E-state index contributed by atoms with van der Waals surface area (Å²) in [5, 5.41) is 0. The fourth-order valence-corrected chi connectivity index (χ4v) is 2.93. The molecule has 148 valence electrons. The van der Waals surface area contributed by atoms with E-state index in [0.717, 1.165) is 0 Å². The summed E-state index contributed by atoms with van der Waals surface area (Å²) >= 11 is 0. The quantitative estimate of drug-likeness (QED) is 0.574. The number of ether oxygens (including phenoxy) is 3. The molecule has 0 atom stereocenters. The second-order valence-electron chi connectivity index (χ2n) is 6.12. The molecule has 8 heteroatoms. The lowest BCUT2D eigenvalue weighted by atomic mass is 10.1. The van der Waals surface area contributed by atoms with E-state index in [-0.39, 0.29) is 40.7 Å². The van der Waals surface area contributed by atoms with Gasteiger partial charge in [0.2, 0.25) is 5.78 Å². The van der Waals surface area contributed by atoms with E-state index in [1.165, 1.54) is 39.3 Å². The fourth-order valence-electron chi connectivity index (χ4n) is 2.93. The Morgan fingerprint density at radius 1 is 0.929 bits per heavy atom. The molecule has 1 N–H and O–H groups in total. The molecular formula is C20H21NO7. The van der Waals surface area contributed by atoms with E-state index in [4.69, 9.17) is 4.74 Å². The molecule has 0 aliphatic heterocycles. The number of ketones is 2. The second-order valence-corrected chi connectivity index (χ2v) is 6.12. The molecule has 2 aromatic rings. The van der Waals surface area contributed by atoms with Gasteiger partial charge in [0, 0.05) is 11.3 Å². The van der Waals surface area contributed by atoms with E-state index in [0.29, 0.717) is 16.8 Å². The first-order valence-electron chi connectivity index (χ1n) is 8.37. The first-order chi connectivity index (χ1) is 13.2. The summed E-state index contributed by atoms with van der Waals surface area (Å²) in [5.74, 6) is -1.71. The average molecular weight is 387 g/mol. The van der Waals surface area contributed by atoms with Gasteiger partial charge in [0.15, 0.2) is 12.4 Å². The highest BCUT2D eigenvalue weighted by molar-refractivity contribution is 6.03. The zero-order valence-corrected chi connectivity index (χ0v) is 16.3. The van der Waals surface area contributed by atoms with Crippen molar-refractivity contribution in [2.24, 2.45) is 0 Å². The van der Waals surface area contributed by atoms with E-state index in [2.05, 4.69) is 14.5 Å². The Bertz CT molecular complexity index is 921. The molecule has 0 unspecified atom stereocenters. The third-order valence-corrected chi connectivity index (χ3v) is 4.19. The highest BCUT2D eigenvalue weighted by Gasteiger charge is 2.21. The van der Waals surface area contributed by atoms with Crippen molar-refractivity contribution in [2.45, 2.75) is 20.8 Å². The molecule has 28 heavy (non-hydrogen) atoms. The van der Waals surface area contributed by atoms with Crippen LogP contribution in [0.4, 0.5) is 0 Å². The van der Waals surface area contributed by atoms with Crippen molar-refractivity contribution in [2.75, 3.05) is 20.8 Å². The summed E-state index contributed by atoms with van der Waals surface area (Å²) < 4.78 is 14.8. The zero-order valence-electron chi connectivity index (χ0n) is 16.3. The number of esters is 2. The van der Waals surface area contributed by atoms with Crippen molar-refractivity contribution in [3.8, 4) is 5.75 Å². The third-order valence-electron chi connectivity index (χ3n) is 4.19. The molecule has 0 amide bonds.